The van der Waals surface area contributed by atoms with Crippen LogP contribution in [0.1, 0.15) is 48.9 Å². The maximum Gasteiger partial charge on any atom is 0.242 e. The average Bonchev–Trinajstić information content (AvgIpc) is 3.09. The summed E-state index contributed by atoms with van der Waals surface area (Å²) in [7, 11) is 0. The topological polar surface area (TPSA) is 40.6 Å². The zero-order valence-electron chi connectivity index (χ0n) is 16.8. The van der Waals surface area contributed by atoms with E-state index in [4.69, 9.17) is 0 Å². The Kier molecular flexibility index (Phi) is 8.04. The van der Waals surface area contributed by atoms with Gasteiger partial charge < -0.3 is 9.80 Å². The second kappa shape index (κ2) is 10.3. The van der Waals surface area contributed by atoms with Crippen molar-refractivity contribution in [3.63, 3.8) is 0 Å². The molecule has 1 unspecified atom stereocenters. The minimum Gasteiger partial charge on any atom is -0.332 e. The number of benzene rings is 1. The first kappa shape index (κ1) is 21.2. The summed E-state index contributed by atoms with van der Waals surface area (Å²) in [6.45, 7) is 9.22. The van der Waals surface area contributed by atoms with Crippen LogP contribution in [0.3, 0.4) is 0 Å². The fourth-order valence-electron chi connectivity index (χ4n) is 2.95. The number of rotatable bonds is 9. The minimum absolute atomic E-state index is 0.00740. The Labute approximate surface area is 166 Å². The fourth-order valence-corrected chi connectivity index (χ4v) is 3.86. The van der Waals surface area contributed by atoms with Crippen LogP contribution in [-0.4, -0.2) is 34.2 Å². The second-order valence-electron chi connectivity index (χ2n) is 6.88. The van der Waals surface area contributed by atoms with Crippen LogP contribution in [0.25, 0.3) is 0 Å². The molecule has 0 fully saturated rings. The molecule has 0 aliphatic rings. The monoisotopic (exact) mass is 386 g/mol. The van der Waals surface area contributed by atoms with Gasteiger partial charge in [0.05, 0.1) is 6.54 Å². The van der Waals surface area contributed by atoms with Crippen molar-refractivity contribution in [1.29, 1.82) is 0 Å². The summed E-state index contributed by atoms with van der Waals surface area (Å²) >= 11 is 1.71. The van der Waals surface area contributed by atoms with E-state index >= 15 is 0 Å². The van der Waals surface area contributed by atoms with Gasteiger partial charge in [0, 0.05) is 28.8 Å². The van der Waals surface area contributed by atoms with Gasteiger partial charge in [0.15, 0.2) is 0 Å². The number of aryl methyl sites for hydroxylation is 1. The largest absolute Gasteiger partial charge is 0.332 e. The predicted octanol–water partition coefficient (Wildman–Crippen LogP) is 4.62. The van der Waals surface area contributed by atoms with Crippen molar-refractivity contribution in [2.45, 2.75) is 59.7 Å². The Hall–Kier alpha value is -2.14. The lowest BCUT2D eigenvalue weighted by Gasteiger charge is -2.31. The molecule has 1 aromatic heterocycles. The molecule has 0 aliphatic heterocycles. The zero-order valence-corrected chi connectivity index (χ0v) is 17.6. The van der Waals surface area contributed by atoms with Crippen molar-refractivity contribution in [1.82, 2.24) is 9.80 Å². The molecule has 0 spiro atoms. The first-order valence-corrected chi connectivity index (χ1v) is 10.4. The maximum atomic E-state index is 13.1. The molecule has 2 rings (SSSR count). The molecule has 2 aromatic rings. The number of nitrogens with zero attached hydrogens (tertiary/aromatic N) is 2. The Morgan fingerprint density at radius 1 is 1.00 bits per heavy atom. The smallest absolute Gasteiger partial charge is 0.242 e. The molecule has 0 saturated carbocycles. The summed E-state index contributed by atoms with van der Waals surface area (Å²) in [4.78, 5) is 31.5. The Morgan fingerprint density at radius 3 is 2.26 bits per heavy atom. The SMILES string of the molecule is CCC(=O)N(CC(=O)N(Cc1ccccc1)Cc1ccc(C)s1)C(C)CC. The van der Waals surface area contributed by atoms with Crippen LogP contribution in [0.5, 0.6) is 0 Å². The van der Waals surface area contributed by atoms with Crippen LogP contribution in [0.2, 0.25) is 0 Å². The third-order valence-electron chi connectivity index (χ3n) is 4.76. The molecule has 0 bridgehead atoms. The van der Waals surface area contributed by atoms with Gasteiger partial charge in [0.1, 0.15) is 6.54 Å². The average molecular weight is 387 g/mol. The molecular weight excluding hydrogens is 356 g/mol. The van der Waals surface area contributed by atoms with Crippen LogP contribution >= 0.6 is 11.3 Å². The first-order chi connectivity index (χ1) is 12.9. The molecule has 1 heterocycles. The maximum absolute atomic E-state index is 13.1. The number of amides is 2. The van der Waals surface area contributed by atoms with E-state index in [1.54, 1.807) is 16.2 Å². The number of carbonyl (C=O) groups is 2. The van der Waals surface area contributed by atoms with Gasteiger partial charge in [-0.05, 0) is 38.0 Å². The minimum atomic E-state index is -0.00740. The molecule has 0 N–H and O–H groups in total. The van der Waals surface area contributed by atoms with E-state index in [0.29, 0.717) is 19.5 Å². The second-order valence-corrected chi connectivity index (χ2v) is 8.25. The highest BCUT2D eigenvalue weighted by Gasteiger charge is 2.24. The van der Waals surface area contributed by atoms with Crippen LogP contribution < -0.4 is 0 Å². The van der Waals surface area contributed by atoms with E-state index < -0.39 is 0 Å². The van der Waals surface area contributed by atoms with Crippen LogP contribution in [-0.2, 0) is 22.7 Å². The standard InChI is InChI=1S/C22H30N2O2S/c1-5-17(3)24(21(25)6-2)16-22(26)23(14-19-10-8-7-9-11-19)15-20-13-12-18(4)27-20/h7-13,17H,5-6,14-16H2,1-4H3. The Balaban J connectivity index is 2.19. The normalized spacial score (nSPS) is 11.9. The molecule has 4 nitrogen and oxygen atoms in total. The molecule has 5 heteroatoms. The summed E-state index contributed by atoms with van der Waals surface area (Å²) in [6, 6.07) is 14.2. The van der Waals surface area contributed by atoms with Gasteiger partial charge in [-0.3, -0.25) is 9.59 Å². The van der Waals surface area contributed by atoms with Gasteiger partial charge in [-0.15, -0.1) is 11.3 Å². The van der Waals surface area contributed by atoms with Crippen molar-refractivity contribution in [2.24, 2.45) is 0 Å². The first-order valence-electron chi connectivity index (χ1n) is 9.61. The van der Waals surface area contributed by atoms with E-state index in [0.717, 1.165) is 16.9 Å². The number of hydrogen-bond donors (Lipinski definition) is 0. The predicted molar refractivity (Wildman–Crippen MR) is 112 cm³/mol. The highest BCUT2D eigenvalue weighted by atomic mass is 32.1. The van der Waals surface area contributed by atoms with Crippen molar-refractivity contribution in [3.05, 3.63) is 57.8 Å². The molecule has 1 atom stereocenters. The van der Waals surface area contributed by atoms with Gasteiger partial charge in [0.2, 0.25) is 11.8 Å². The highest BCUT2D eigenvalue weighted by Crippen LogP contribution is 2.19. The van der Waals surface area contributed by atoms with Gasteiger partial charge >= 0.3 is 0 Å². The molecule has 0 saturated heterocycles. The summed E-state index contributed by atoms with van der Waals surface area (Å²) in [5, 5.41) is 0. The van der Waals surface area contributed by atoms with E-state index in [9.17, 15) is 9.59 Å². The lowest BCUT2D eigenvalue weighted by Crippen LogP contribution is -2.46. The lowest BCUT2D eigenvalue weighted by atomic mass is 10.2. The third-order valence-corrected chi connectivity index (χ3v) is 5.75. The molecule has 146 valence electrons. The number of carbonyl (C=O) groups excluding carboxylic acids is 2. The van der Waals surface area contributed by atoms with Gasteiger partial charge in [-0.25, -0.2) is 0 Å². The highest BCUT2D eigenvalue weighted by molar-refractivity contribution is 7.11. The molecule has 2 amide bonds. The molecule has 1 aromatic carbocycles. The van der Waals surface area contributed by atoms with Crippen LogP contribution in [0, 0.1) is 6.92 Å². The van der Waals surface area contributed by atoms with Crippen LogP contribution in [0.15, 0.2) is 42.5 Å². The summed E-state index contributed by atoms with van der Waals surface area (Å²) in [5.41, 5.74) is 1.09. The van der Waals surface area contributed by atoms with Crippen molar-refractivity contribution >= 4 is 23.2 Å². The Morgan fingerprint density at radius 2 is 1.70 bits per heavy atom. The quantitative estimate of drug-likeness (QED) is 0.631. The van der Waals surface area contributed by atoms with Crippen molar-refractivity contribution in [2.75, 3.05) is 6.54 Å². The zero-order chi connectivity index (χ0) is 19.8. The Bertz CT molecular complexity index is 742. The van der Waals surface area contributed by atoms with Crippen LogP contribution in [0.4, 0.5) is 0 Å². The van der Waals surface area contributed by atoms with Crippen molar-refractivity contribution in [3.8, 4) is 0 Å². The summed E-state index contributed by atoms with van der Waals surface area (Å²) in [6.07, 6.45) is 1.25. The van der Waals surface area contributed by atoms with Gasteiger partial charge in [0.25, 0.3) is 0 Å². The van der Waals surface area contributed by atoms with E-state index in [-0.39, 0.29) is 24.4 Å². The van der Waals surface area contributed by atoms with Gasteiger partial charge in [-0.1, -0.05) is 44.2 Å². The molecule has 27 heavy (non-hydrogen) atoms. The van der Waals surface area contributed by atoms with Crippen molar-refractivity contribution < 1.29 is 9.59 Å². The van der Waals surface area contributed by atoms with E-state index in [1.165, 1.54) is 4.88 Å². The fraction of sp³-hybridized carbons (Fsp3) is 0.455. The van der Waals surface area contributed by atoms with E-state index in [2.05, 4.69) is 19.1 Å². The summed E-state index contributed by atoms with van der Waals surface area (Å²) in [5.74, 6) is 0.0244. The molecule has 0 radical (unpaired) electrons. The third kappa shape index (κ3) is 6.21. The summed E-state index contributed by atoms with van der Waals surface area (Å²) < 4.78 is 0. The molecule has 0 aliphatic carbocycles. The lowest BCUT2D eigenvalue weighted by molar-refractivity contribution is -0.142. The molecular formula is C22H30N2O2S. The number of hydrogen-bond acceptors (Lipinski definition) is 3. The van der Waals surface area contributed by atoms with E-state index in [1.807, 2.05) is 56.0 Å². The van der Waals surface area contributed by atoms with Gasteiger partial charge in [-0.2, -0.15) is 0 Å². The number of thiophene rings is 1.